The molecular formula is C17H18N2O3. The SMILES string of the molecule is NC(=O)CCN(C(=O)[C@H]1C[C@@H]1c1ccco1)c1ccccc1. The van der Waals surface area contributed by atoms with Crippen LogP contribution in [0.4, 0.5) is 5.69 Å². The Kier molecular flexibility index (Phi) is 3.96. The van der Waals surface area contributed by atoms with Crippen molar-refractivity contribution in [3.05, 3.63) is 54.5 Å². The predicted octanol–water partition coefficient (Wildman–Crippen LogP) is 2.29. The number of carbonyl (C=O) groups excluding carboxylic acids is 2. The van der Waals surface area contributed by atoms with Gasteiger partial charge in [0.2, 0.25) is 11.8 Å². The zero-order valence-corrected chi connectivity index (χ0v) is 12.1. The zero-order valence-electron chi connectivity index (χ0n) is 12.1. The molecule has 0 bridgehead atoms. The average molecular weight is 298 g/mol. The largest absolute Gasteiger partial charge is 0.469 e. The van der Waals surface area contributed by atoms with E-state index in [1.807, 2.05) is 42.5 Å². The molecule has 114 valence electrons. The van der Waals surface area contributed by atoms with E-state index in [4.69, 9.17) is 10.2 Å². The minimum absolute atomic E-state index is 0.0221. The third-order valence-electron chi connectivity index (χ3n) is 3.93. The molecule has 5 heteroatoms. The number of benzene rings is 1. The van der Waals surface area contributed by atoms with Crippen LogP contribution < -0.4 is 10.6 Å². The Hall–Kier alpha value is -2.56. The summed E-state index contributed by atoms with van der Waals surface area (Å²) >= 11 is 0. The molecule has 22 heavy (non-hydrogen) atoms. The summed E-state index contributed by atoms with van der Waals surface area (Å²) in [6.07, 6.45) is 2.56. The number of amides is 2. The van der Waals surface area contributed by atoms with E-state index in [1.165, 1.54) is 0 Å². The molecule has 2 atom stereocenters. The van der Waals surface area contributed by atoms with Crippen LogP contribution in [0.2, 0.25) is 0 Å². The number of primary amides is 1. The van der Waals surface area contributed by atoms with Crippen LogP contribution in [0.15, 0.2) is 53.1 Å². The standard InChI is InChI=1S/C17H18N2O3/c18-16(20)8-9-19(12-5-2-1-3-6-12)17(21)14-11-13(14)15-7-4-10-22-15/h1-7,10,13-14H,8-9,11H2,(H2,18,20)/t13-,14-/m0/s1. The Morgan fingerprint density at radius 2 is 1.95 bits per heavy atom. The van der Waals surface area contributed by atoms with E-state index in [0.717, 1.165) is 17.9 Å². The Balaban J connectivity index is 1.74. The van der Waals surface area contributed by atoms with E-state index in [2.05, 4.69) is 0 Å². The molecule has 0 saturated heterocycles. The molecular weight excluding hydrogens is 280 g/mol. The summed E-state index contributed by atoms with van der Waals surface area (Å²) in [4.78, 5) is 25.5. The van der Waals surface area contributed by atoms with Crippen LogP contribution >= 0.6 is 0 Å². The molecule has 1 aliphatic carbocycles. The van der Waals surface area contributed by atoms with Crippen molar-refractivity contribution in [1.82, 2.24) is 0 Å². The van der Waals surface area contributed by atoms with Gasteiger partial charge in [0, 0.05) is 30.5 Å². The van der Waals surface area contributed by atoms with Crippen molar-refractivity contribution in [2.75, 3.05) is 11.4 Å². The molecule has 0 radical (unpaired) electrons. The lowest BCUT2D eigenvalue weighted by molar-refractivity contribution is -0.120. The molecule has 5 nitrogen and oxygen atoms in total. The third-order valence-corrected chi connectivity index (χ3v) is 3.93. The van der Waals surface area contributed by atoms with Crippen molar-refractivity contribution in [1.29, 1.82) is 0 Å². The van der Waals surface area contributed by atoms with E-state index >= 15 is 0 Å². The van der Waals surface area contributed by atoms with Gasteiger partial charge in [0.1, 0.15) is 5.76 Å². The highest BCUT2D eigenvalue weighted by Gasteiger charge is 2.47. The van der Waals surface area contributed by atoms with Gasteiger partial charge in [-0.15, -0.1) is 0 Å². The van der Waals surface area contributed by atoms with Crippen molar-refractivity contribution >= 4 is 17.5 Å². The van der Waals surface area contributed by atoms with Gasteiger partial charge in [-0.1, -0.05) is 18.2 Å². The van der Waals surface area contributed by atoms with Gasteiger partial charge in [-0.3, -0.25) is 9.59 Å². The van der Waals surface area contributed by atoms with Crippen LogP contribution in [0.25, 0.3) is 0 Å². The molecule has 1 aliphatic rings. The maximum atomic E-state index is 12.8. The lowest BCUT2D eigenvalue weighted by atomic mass is 10.2. The van der Waals surface area contributed by atoms with Gasteiger partial charge >= 0.3 is 0 Å². The van der Waals surface area contributed by atoms with Crippen molar-refractivity contribution in [3.8, 4) is 0 Å². The highest BCUT2D eigenvalue weighted by atomic mass is 16.3. The Morgan fingerprint density at radius 3 is 2.59 bits per heavy atom. The van der Waals surface area contributed by atoms with E-state index in [0.29, 0.717) is 6.54 Å². The number of hydrogen-bond acceptors (Lipinski definition) is 3. The summed E-state index contributed by atoms with van der Waals surface area (Å²) in [5, 5.41) is 0. The summed E-state index contributed by atoms with van der Waals surface area (Å²) < 4.78 is 5.38. The first-order valence-corrected chi connectivity index (χ1v) is 7.35. The molecule has 2 aromatic rings. The second-order valence-electron chi connectivity index (χ2n) is 5.51. The molecule has 2 amide bonds. The minimum atomic E-state index is -0.410. The van der Waals surface area contributed by atoms with Crippen LogP contribution in [-0.4, -0.2) is 18.4 Å². The van der Waals surface area contributed by atoms with Crippen LogP contribution in [0.5, 0.6) is 0 Å². The van der Waals surface area contributed by atoms with Gasteiger partial charge < -0.3 is 15.1 Å². The highest BCUT2D eigenvalue weighted by Crippen LogP contribution is 2.49. The fourth-order valence-corrected chi connectivity index (χ4v) is 2.68. The van der Waals surface area contributed by atoms with Crippen molar-refractivity contribution < 1.29 is 14.0 Å². The van der Waals surface area contributed by atoms with Crippen molar-refractivity contribution in [2.45, 2.75) is 18.8 Å². The number of carbonyl (C=O) groups is 2. The summed E-state index contributed by atoms with van der Waals surface area (Å²) in [5.41, 5.74) is 6.01. The smallest absolute Gasteiger partial charge is 0.230 e. The lowest BCUT2D eigenvalue weighted by Crippen LogP contribution is -2.35. The molecule has 3 rings (SSSR count). The number of furan rings is 1. The van der Waals surface area contributed by atoms with Gasteiger partial charge in [0.25, 0.3) is 0 Å². The molecule has 1 fully saturated rings. The van der Waals surface area contributed by atoms with Crippen molar-refractivity contribution in [3.63, 3.8) is 0 Å². The second kappa shape index (κ2) is 6.05. The first-order chi connectivity index (χ1) is 10.7. The summed E-state index contributed by atoms with van der Waals surface area (Å²) in [7, 11) is 0. The topological polar surface area (TPSA) is 76.5 Å². The van der Waals surface area contributed by atoms with Crippen LogP contribution in [0.3, 0.4) is 0 Å². The highest BCUT2D eigenvalue weighted by molar-refractivity contribution is 5.97. The molecule has 0 unspecified atom stereocenters. The summed E-state index contributed by atoms with van der Waals surface area (Å²) in [6.45, 7) is 0.305. The molecule has 1 aromatic heterocycles. The molecule has 1 aromatic carbocycles. The molecule has 1 saturated carbocycles. The first-order valence-electron chi connectivity index (χ1n) is 7.35. The zero-order chi connectivity index (χ0) is 15.5. The molecule has 1 heterocycles. The van der Waals surface area contributed by atoms with Gasteiger partial charge in [-0.25, -0.2) is 0 Å². The van der Waals surface area contributed by atoms with Gasteiger partial charge in [0.05, 0.1) is 6.26 Å². The lowest BCUT2D eigenvalue weighted by Gasteiger charge is -2.22. The number of hydrogen-bond donors (Lipinski definition) is 1. The minimum Gasteiger partial charge on any atom is -0.469 e. The number of nitrogens with two attached hydrogens (primary N) is 1. The first kappa shape index (κ1) is 14.4. The van der Waals surface area contributed by atoms with E-state index in [-0.39, 0.29) is 24.2 Å². The maximum Gasteiger partial charge on any atom is 0.230 e. The number of rotatable bonds is 6. The molecule has 0 aliphatic heterocycles. The van der Waals surface area contributed by atoms with E-state index in [9.17, 15) is 9.59 Å². The monoisotopic (exact) mass is 298 g/mol. The Labute approximate surface area is 128 Å². The van der Waals surface area contributed by atoms with Gasteiger partial charge in [-0.05, 0) is 30.7 Å². The number of para-hydroxylation sites is 1. The van der Waals surface area contributed by atoms with Crippen LogP contribution in [0, 0.1) is 5.92 Å². The average Bonchev–Trinajstić information content (AvgIpc) is 3.13. The molecule has 0 spiro atoms. The third kappa shape index (κ3) is 3.03. The Morgan fingerprint density at radius 1 is 1.18 bits per heavy atom. The summed E-state index contributed by atoms with van der Waals surface area (Å²) in [5.74, 6) is 0.517. The van der Waals surface area contributed by atoms with E-state index < -0.39 is 5.91 Å². The van der Waals surface area contributed by atoms with Gasteiger partial charge in [-0.2, -0.15) is 0 Å². The predicted molar refractivity (Wildman–Crippen MR) is 82.2 cm³/mol. The normalized spacial score (nSPS) is 19.6. The van der Waals surface area contributed by atoms with Crippen LogP contribution in [0.1, 0.15) is 24.5 Å². The van der Waals surface area contributed by atoms with E-state index in [1.54, 1.807) is 11.2 Å². The quantitative estimate of drug-likeness (QED) is 0.889. The summed E-state index contributed by atoms with van der Waals surface area (Å²) in [6, 6.07) is 13.1. The maximum absolute atomic E-state index is 12.8. The fraction of sp³-hybridized carbons (Fsp3) is 0.294. The fourth-order valence-electron chi connectivity index (χ4n) is 2.68. The second-order valence-corrected chi connectivity index (χ2v) is 5.51. The van der Waals surface area contributed by atoms with Gasteiger partial charge in [0.15, 0.2) is 0 Å². The number of nitrogens with zero attached hydrogens (tertiary/aromatic N) is 1. The molecule has 2 N–H and O–H groups in total. The Bertz CT molecular complexity index is 652. The van der Waals surface area contributed by atoms with Crippen molar-refractivity contribution in [2.24, 2.45) is 11.7 Å². The van der Waals surface area contributed by atoms with Crippen LogP contribution in [-0.2, 0) is 9.59 Å². The number of anilines is 1.